The van der Waals surface area contributed by atoms with Crippen LogP contribution in [-0.2, 0) is 19.5 Å². The van der Waals surface area contributed by atoms with Crippen LogP contribution in [-0.4, -0.2) is 47.3 Å². The number of fused-ring (bicyclic) bond motifs is 2. The number of hydrogen-bond acceptors (Lipinski definition) is 0. The number of allylic oxidation sites excluding steroid dienone is 4. The molecule has 7 aromatic rings. The Morgan fingerprint density at radius 3 is 1.05 bits per heavy atom. The second kappa shape index (κ2) is 34.9. The largest absolute Gasteiger partial charge is 3.00 e. The van der Waals surface area contributed by atoms with Crippen molar-refractivity contribution in [3.05, 3.63) is 262 Å². The van der Waals surface area contributed by atoms with E-state index in [2.05, 4.69) is 279 Å². The molecule has 408 valence electrons. The number of hydrogen-bond donors (Lipinski definition) is 0. The second-order valence-electron chi connectivity index (χ2n) is 19.9. The minimum absolute atomic E-state index is 0. The van der Waals surface area contributed by atoms with Crippen molar-refractivity contribution in [2.75, 3.05) is 39.3 Å². The van der Waals surface area contributed by atoms with Gasteiger partial charge in [0.2, 0.25) is 0 Å². The van der Waals surface area contributed by atoms with E-state index < -0.39 is 16.0 Å². The maximum Gasteiger partial charge on any atom is 3.00 e. The maximum atomic E-state index is 5.27. The van der Waals surface area contributed by atoms with E-state index in [9.17, 15) is 0 Å². The Bertz CT molecular complexity index is 2610. The molecule has 0 amide bonds. The van der Waals surface area contributed by atoms with Gasteiger partial charge in [-0.3, -0.25) is 8.97 Å². The Morgan fingerprint density at radius 1 is 0.481 bits per heavy atom. The molecule has 9 rings (SSSR count). The monoisotopic (exact) mass is 1190 g/mol. The predicted octanol–water partition coefficient (Wildman–Crippen LogP) is 9.75. The van der Waals surface area contributed by atoms with Crippen LogP contribution >= 0.6 is 7.92 Å². The number of benzene rings is 7. The van der Waals surface area contributed by atoms with Crippen LogP contribution in [0.25, 0.3) is 5.57 Å². The molecule has 2 aliphatic rings. The van der Waals surface area contributed by atoms with Crippen molar-refractivity contribution in [3.8, 4) is 12.3 Å². The molecule has 0 unspecified atom stereocenters. The first-order chi connectivity index (χ1) is 34.9. The van der Waals surface area contributed by atoms with Gasteiger partial charge in [0.15, 0.2) is 0 Å². The van der Waals surface area contributed by atoms with Crippen molar-refractivity contribution in [1.82, 2.24) is 8.97 Å². The standard InChI is InChI=1S/C32H43N2.C18H15P.C11H14Si.C7H8.2CH3.2ClH.Rh/c1-7-33(8-2,9-3)30-22-18-28(19-23-30)32(26-27-16-14-13-15-17-27)29-20-24-31(25-21-29)34(10-4,11-5)12-6;1-4-10-16(11-5-1)19(17-12-6-2-7-13-17)18-14-8-3-9-15-18;1-5-10-6-8-11(9-7-10)12(2,3)4;1-2-7-4-3-6(1)5-7;;;;;/h13-25H,7-12H2,1-6H3;1-15H;1,6-9H,2-4H3;1-4,6-7H,5H2;2*1H3;2*1H;/q+1;;;;2*-1;;;+3/p-1. The van der Waals surface area contributed by atoms with Crippen molar-refractivity contribution in [2.24, 2.45) is 11.8 Å². The summed E-state index contributed by atoms with van der Waals surface area (Å²) in [5.41, 5.74) is 8.43. The predicted molar refractivity (Wildman–Crippen MR) is 338 cm³/mol. The molecular weight excluding hydrogens is 1100 g/mol. The molecule has 0 radical (unpaired) electrons. The quantitative estimate of drug-likeness (QED) is 0.0183. The summed E-state index contributed by atoms with van der Waals surface area (Å²) in [4.78, 5) is 0. The van der Waals surface area contributed by atoms with Crippen LogP contribution in [0.5, 0.6) is 0 Å². The fraction of sp³-hybridized carbons (Fsp3) is 0.257. The molecule has 0 saturated heterocycles. The zero-order chi connectivity index (χ0) is 51.4. The van der Waals surface area contributed by atoms with Crippen molar-refractivity contribution >= 4 is 54.0 Å². The molecule has 0 aliphatic heterocycles. The minimum atomic E-state index is -1.14. The Balaban J connectivity index is 0.000000577. The van der Waals surface area contributed by atoms with Crippen LogP contribution < -0.4 is 54.9 Å². The van der Waals surface area contributed by atoms with Gasteiger partial charge < -0.3 is 39.7 Å². The maximum absolute atomic E-state index is 5.27. The van der Waals surface area contributed by atoms with Crippen LogP contribution in [0.1, 0.15) is 70.2 Å². The molecule has 7 aromatic carbocycles. The molecule has 0 fully saturated rings. The molecule has 7 heteroatoms. The van der Waals surface area contributed by atoms with Crippen LogP contribution in [0.4, 0.5) is 11.4 Å². The summed E-state index contributed by atoms with van der Waals surface area (Å²) < 4.78 is 2.03. The average molecular weight is 1190 g/mol. The van der Waals surface area contributed by atoms with E-state index in [4.69, 9.17) is 6.42 Å². The van der Waals surface area contributed by atoms with E-state index in [1.54, 1.807) is 0 Å². The normalized spacial score (nSPS) is 13.5. The van der Waals surface area contributed by atoms with Crippen LogP contribution in [0.3, 0.4) is 0 Å². The third-order valence-electron chi connectivity index (χ3n) is 14.9. The first-order valence-electron chi connectivity index (χ1n) is 26.5. The van der Waals surface area contributed by atoms with Gasteiger partial charge in [-0.15, -0.1) is 35.8 Å². The van der Waals surface area contributed by atoms with Crippen molar-refractivity contribution in [2.45, 2.75) is 67.6 Å². The Kier molecular flexibility index (Phi) is 31.7. The summed E-state index contributed by atoms with van der Waals surface area (Å²) >= 11 is 0. The van der Waals surface area contributed by atoms with E-state index in [-0.39, 0.29) is 59.1 Å². The zero-order valence-corrected chi connectivity index (χ0v) is 53.1. The summed E-state index contributed by atoms with van der Waals surface area (Å²) in [6, 6.07) is 69.7. The summed E-state index contributed by atoms with van der Waals surface area (Å²) in [5, 5.41) is 5.76. The summed E-state index contributed by atoms with van der Waals surface area (Å²) in [7, 11) is -2.01. The number of halogens is 2. The topological polar surface area (TPSA) is 0 Å². The molecule has 77 heavy (non-hydrogen) atoms. The molecule has 0 atom stereocenters. The van der Waals surface area contributed by atoms with Gasteiger partial charge in [0.1, 0.15) is 27.3 Å². The summed E-state index contributed by atoms with van der Waals surface area (Å²) in [6.07, 6.45) is 19.5. The van der Waals surface area contributed by atoms with E-state index in [0.29, 0.717) is 0 Å². The van der Waals surface area contributed by atoms with Gasteiger partial charge in [-0.1, -0.05) is 175 Å². The van der Waals surface area contributed by atoms with Gasteiger partial charge in [-0.25, -0.2) is 0 Å². The first-order valence-corrected chi connectivity index (χ1v) is 31.5. The van der Waals surface area contributed by atoms with Crippen molar-refractivity contribution < 1.29 is 44.3 Å². The van der Waals surface area contributed by atoms with E-state index in [1.807, 2.05) is 12.1 Å². The third kappa shape index (κ3) is 19.2. The Labute approximate surface area is 496 Å². The second-order valence-corrected chi connectivity index (χ2v) is 27.5. The van der Waals surface area contributed by atoms with Crippen molar-refractivity contribution in [1.29, 1.82) is 0 Å². The molecule has 0 heterocycles. The average Bonchev–Trinajstić information content (AvgIpc) is 4.11. The molecule has 0 N–H and O–H groups in total. The van der Waals surface area contributed by atoms with Crippen LogP contribution in [0, 0.1) is 45.1 Å². The number of rotatable bonds is 15. The molecular formula is C70H87Cl2N2PRhSi+. The smallest absolute Gasteiger partial charge is 1.00 e. The molecule has 2 bridgehead atoms. The molecule has 2 aliphatic carbocycles. The van der Waals surface area contributed by atoms with E-state index in [1.165, 1.54) is 50.0 Å². The van der Waals surface area contributed by atoms with Crippen LogP contribution in [0.2, 0.25) is 19.6 Å². The van der Waals surface area contributed by atoms with Gasteiger partial charge in [0.05, 0.1) is 55.3 Å². The van der Waals surface area contributed by atoms with Gasteiger partial charge in [0.25, 0.3) is 0 Å². The minimum Gasteiger partial charge on any atom is -1.00 e. The van der Waals surface area contributed by atoms with Gasteiger partial charge in [0, 0.05) is 5.56 Å². The fourth-order valence-corrected chi connectivity index (χ4v) is 13.8. The van der Waals surface area contributed by atoms with E-state index in [0.717, 1.165) is 76.8 Å². The fourth-order valence-electron chi connectivity index (χ4n) is 10.0. The molecule has 0 saturated carbocycles. The molecule has 2 nitrogen and oxygen atoms in total. The summed E-state index contributed by atoms with van der Waals surface area (Å²) in [5.74, 6) is 4.24. The SMILES string of the molecule is C#Cc1ccc([Si](C)(C)C)cc1.C1=CC2C=CC1C2.CC[N+](CC)(CC)c1ccc(C(=[C-]c2ccccc2)c2ccc([N+](CC)(CC)CC)cc2)cc1.[CH3-].[CH3-].[Cl-].[Cl-].[Rh+3].c1ccc([PH+](c2ccccc2)c2ccccc2)cc1. The van der Waals surface area contributed by atoms with Crippen LogP contribution in [0.15, 0.2) is 218 Å². The first kappa shape index (κ1) is 70.1. The number of terminal acetylenes is 1. The van der Waals surface area contributed by atoms with Crippen molar-refractivity contribution in [3.63, 3.8) is 0 Å². The molecule has 0 spiro atoms. The Morgan fingerprint density at radius 2 is 0.792 bits per heavy atom. The summed E-state index contributed by atoms with van der Waals surface area (Å²) in [6.45, 7) is 27.4. The third-order valence-corrected chi connectivity index (χ3v) is 19.7. The zero-order valence-electron chi connectivity index (χ0n) is 48.0. The molecule has 0 aromatic heterocycles. The Hall–Kier alpha value is -4.91. The van der Waals surface area contributed by atoms with Gasteiger partial charge in [-0.2, -0.15) is 0 Å². The number of nitrogens with zero attached hydrogens (tertiary/aromatic N) is 2. The van der Waals surface area contributed by atoms with Gasteiger partial charge in [-0.05, 0) is 133 Å². The number of quaternary nitrogens is 2. The van der Waals surface area contributed by atoms with E-state index >= 15 is 0 Å². The van der Waals surface area contributed by atoms with Gasteiger partial charge >= 0.3 is 19.5 Å².